The lowest BCUT2D eigenvalue weighted by Gasteiger charge is -2.20. The number of hydrogen-bond donors (Lipinski definition) is 2. The summed E-state index contributed by atoms with van der Waals surface area (Å²) in [6.45, 7) is 0.509. The quantitative estimate of drug-likeness (QED) is 0.750. The van der Waals surface area contributed by atoms with Crippen LogP contribution in [0.3, 0.4) is 0 Å². The van der Waals surface area contributed by atoms with E-state index in [1.807, 2.05) is 0 Å². The Morgan fingerprint density at radius 1 is 1.07 bits per heavy atom. The van der Waals surface area contributed by atoms with Gasteiger partial charge in [-0.25, -0.2) is 9.97 Å². The first-order chi connectivity index (χ1) is 7.17. The SMILES string of the molecule is OCCN(CCO)c1nc(Cl)cc(Cl)n1. The van der Waals surface area contributed by atoms with E-state index < -0.39 is 0 Å². The van der Waals surface area contributed by atoms with Crippen molar-refractivity contribution in [2.24, 2.45) is 0 Å². The normalized spacial score (nSPS) is 10.4. The Kier molecular flexibility index (Phi) is 5.04. The predicted molar refractivity (Wildman–Crippen MR) is 58.4 cm³/mol. The van der Waals surface area contributed by atoms with Crippen LogP contribution < -0.4 is 4.90 Å². The van der Waals surface area contributed by atoms with E-state index in [0.29, 0.717) is 19.0 Å². The third-order valence-corrected chi connectivity index (χ3v) is 2.06. The summed E-state index contributed by atoms with van der Waals surface area (Å²) in [5, 5.41) is 18.1. The van der Waals surface area contributed by atoms with Crippen LogP contribution in [0.25, 0.3) is 0 Å². The summed E-state index contributed by atoms with van der Waals surface area (Å²) in [6, 6.07) is 1.42. The summed E-state index contributed by atoms with van der Waals surface area (Å²) in [6.07, 6.45) is 0. The summed E-state index contributed by atoms with van der Waals surface area (Å²) >= 11 is 11.4. The minimum absolute atomic E-state index is 0.0620. The molecule has 0 fully saturated rings. The zero-order valence-corrected chi connectivity index (χ0v) is 9.41. The van der Waals surface area contributed by atoms with Gasteiger partial charge in [-0.2, -0.15) is 0 Å². The Hall–Kier alpha value is -0.620. The Bertz CT molecular complexity index is 299. The van der Waals surface area contributed by atoms with Gasteiger partial charge in [-0.05, 0) is 0 Å². The van der Waals surface area contributed by atoms with Crippen molar-refractivity contribution >= 4 is 29.2 Å². The topological polar surface area (TPSA) is 69.5 Å². The molecule has 7 heteroatoms. The third kappa shape index (κ3) is 3.79. The number of anilines is 1. The number of hydrogen-bond acceptors (Lipinski definition) is 5. The molecule has 0 amide bonds. The van der Waals surface area contributed by atoms with Crippen LogP contribution in [0.2, 0.25) is 10.3 Å². The maximum absolute atomic E-state index is 8.82. The number of halogens is 2. The van der Waals surface area contributed by atoms with Crippen molar-refractivity contribution in [2.45, 2.75) is 0 Å². The molecule has 0 aliphatic rings. The fourth-order valence-electron chi connectivity index (χ4n) is 1.07. The highest BCUT2D eigenvalue weighted by Crippen LogP contribution is 2.16. The van der Waals surface area contributed by atoms with Gasteiger partial charge in [-0.15, -0.1) is 0 Å². The highest BCUT2D eigenvalue weighted by Gasteiger charge is 2.10. The van der Waals surface area contributed by atoms with Gasteiger partial charge in [0.1, 0.15) is 10.3 Å². The fraction of sp³-hybridized carbons (Fsp3) is 0.500. The summed E-state index contributed by atoms with van der Waals surface area (Å²) in [5.41, 5.74) is 0. The molecule has 15 heavy (non-hydrogen) atoms. The van der Waals surface area contributed by atoms with Crippen LogP contribution in [0, 0.1) is 0 Å². The van der Waals surface area contributed by atoms with Crippen LogP contribution >= 0.6 is 23.2 Å². The summed E-state index contributed by atoms with van der Waals surface area (Å²) in [7, 11) is 0. The number of aromatic nitrogens is 2. The van der Waals surface area contributed by atoms with E-state index in [2.05, 4.69) is 9.97 Å². The molecule has 1 aromatic rings. The van der Waals surface area contributed by atoms with E-state index >= 15 is 0 Å². The zero-order chi connectivity index (χ0) is 11.3. The monoisotopic (exact) mass is 251 g/mol. The van der Waals surface area contributed by atoms with Crippen molar-refractivity contribution in [1.29, 1.82) is 0 Å². The van der Waals surface area contributed by atoms with E-state index in [1.54, 1.807) is 4.90 Å². The highest BCUT2D eigenvalue weighted by molar-refractivity contribution is 6.33. The minimum Gasteiger partial charge on any atom is -0.395 e. The van der Waals surface area contributed by atoms with Crippen LogP contribution in [0.1, 0.15) is 0 Å². The van der Waals surface area contributed by atoms with Crippen LogP contribution in [0.4, 0.5) is 5.95 Å². The Morgan fingerprint density at radius 2 is 1.53 bits per heavy atom. The van der Waals surface area contributed by atoms with Crippen molar-refractivity contribution in [3.05, 3.63) is 16.4 Å². The summed E-state index contributed by atoms with van der Waals surface area (Å²) in [5.74, 6) is 0.301. The smallest absolute Gasteiger partial charge is 0.228 e. The third-order valence-electron chi connectivity index (χ3n) is 1.67. The zero-order valence-electron chi connectivity index (χ0n) is 7.90. The van der Waals surface area contributed by atoms with Gasteiger partial charge in [0.2, 0.25) is 5.95 Å². The van der Waals surface area contributed by atoms with Gasteiger partial charge in [0.25, 0.3) is 0 Å². The van der Waals surface area contributed by atoms with E-state index in [-0.39, 0.29) is 23.5 Å². The van der Waals surface area contributed by atoms with Crippen molar-refractivity contribution in [1.82, 2.24) is 9.97 Å². The Balaban J connectivity index is 2.88. The molecular formula is C8H11Cl2N3O2. The molecule has 0 aliphatic heterocycles. The van der Waals surface area contributed by atoms with Crippen LogP contribution in [0.15, 0.2) is 6.07 Å². The number of rotatable bonds is 5. The molecule has 2 N–H and O–H groups in total. The molecule has 0 aromatic carbocycles. The molecular weight excluding hydrogens is 241 g/mol. The number of nitrogens with zero attached hydrogens (tertiary/aromatic N) is 3. The maximum atomic E-state index is 8.82. The van der Waals surface area contributed by atoms with Gasteiger partial charge in [0, 0.05) is 19.2 Å². The molecule has 0 spiro atoms. The van der Waals surface area contributed by atoms with Crippen LogP contribution in [-0.4, -0.2) is 46.5 Å². The van der Waals surface area contributed by atoms with Gasteiger partial charge in [-0.1, -0.05) is 23.2 Å². The number of aliphatic hydroxyl groups excluding tert-OH is 2. The molecule has 84 valence electrons. The lowest BCUT2D eigenvalue weighted by Crippen LogP contribution is -2.31. The van der Waals surface area contributed by atoms with Crippen molar-refractivity contribution < 1.29 is 10.2 Å². The lowest BCUT2D eigenvalue weighted by molar-refractivity contribution is 0.280. The molecule has 5 nitrogen and oxygen atoms in total. The molecule has 0 aliphatic carbocycles. The van der Waals surface area contributed by atoms with Crippen LogP contribution in [-0.2, 0) is 0 Å². The molecule has 0 saturated carbocycles. The molecule has 1 heterocycles. The summed E-state index contributed by atoms with van der Waals surface area (Å²) in [4.78, 5) is 9.49. The first-order valence-corrected chi connectivity index (χ1v) is 5.09. The van der Waals surface area contributed by atoms with Crippen LogP contribution in [0.5, 0.6) is 0 Å². The van der Waals surface area contributed by atoms with Gasteiger partial charge in [-0.3, -0.25) is 0 Å². The highest BCUT2D eigenvalue weighted by atomic mass is 35.5. The van der Waals surface area contributed by atoms with E-state index in [1.165, 1.54) is 6.07 Å². The molecule has 0 bridgehead atoms. The lowest BCUT2D eigenvalue weighted by atomic mass is 10.5. The first-order valence-electron chi connectivity index (χ1n) is 4.34. The molecule has 0 radical (unpaired) electrons. The van der Waals surface area contributed by atoms with E-state index in [9.17, 15) is 0 Å². The fourth-order valence-corrected chi connectivity index (χ4v) is 1.49. The van der Waals surface area contributed by atoms with Crippen molar-refractivity contribution in [2.75, 3.05) is 31.2 Å². The van der Waals surface area contributed by atoms with E-state index in [0.717, 1.165) is 0 Å². The van der Waals surface area contributed by atoms with Gasteiger partial charge < -0.3 is 15.1 Å². The minimum atomic E-state index is -0.0620. The Labute approximate surface area is 97.3 Å². The Morgan fingerprint density at radius 3 is 1.93 bits per heavy atom. The molecule has 1 aromatic heterocycles. The molecule has 0 saturated heterocycles. The van der Waals surface area contributed by atoms with Gasteiger partial charge >= 0.3 is 0 Å². The molecule has 0 atom stereocenters. The number of aliphatic hydroxyl groups is 2. The average Bonchev–Trinajstić information content (AvgIpc) is 2.16. The second kappa shape index (κ2) is 6.07. The van der Waals surface area contributed by atoms with Crippen molar-refractivity contribution in [3.8, 4) is 0 Å². The average molecular weight is 252 g/mol. The largest absolute Gasteiger partial charge is 0.395 e. The van der Waals surface area contributed by atoms with Gasteiger partial charge in [0.05, 0.1) is 13.2 Å². The second-order valence-corrected chi connectivity index (χ2v) is 3.52. The maximum Gasteiger partial charge on any atom is 0.228 e. The standard InChI is InChI=1S/C8H11Cl2N3O2/c9-6-5-7(10)12-8(11-6)13(1-3-14)2-4-15/h5,14-15H,1-4H2. The predicted octanol–water partition coefficient (Wildman–Crippen LogP) is 0.574. The summed E-state index contributed by atoms with van der Waals surface area (Å²) < 4.78 is 0. The molecule has 0 unspecified atom stereocenters. The van der Waals surface area contributed by atoms with E-state index in [4.69, 9.17) is 33.4 Å². The molecule has 1 rings (SSSR count). The first kappa shape index (κ1) is 12.4. The van der Waals surface area contributed by atoms with Crippen molar-refractivity contribution in [3.63, 3.8) is 0 Å². The second-order valence-electron chi connectivity index (χ2n) is 2.75. The van der Waals surface area contributed by atoms with Gasteiger partial charge in [0.15, 0.2) is 0 Å².